The molecule has 5 nitrogen and oxygen atoms in total. The molecule has 0 fully saturated rings. The molecule has 0 unspecified atom stereocenters. The molecule has 0 aliphatic carbocycles. The van der Waals surface area contributed by atoms with Gasteiger partial charge in [0.25, 0.3) is 0 Å². The fraction of sp³-hybridized carbons (Fsp3) is 0.500. The molecule has 0 amide bonds. The molecule has 0 aliphatic rings. The Morgan fingerprint density at radius 2 is 1.35 bits per heavy atom. The molecular weight excluding hydrogens is 214 g/mol. The van der Waals surface area contributed by atoms with Gasteiger partial charge in [-0.25, -0.2) is 0 Å². The lowest BCUT2D eigenvalue weighted by molar-refractivity contribution is 0.512. The van der Waals surface area contributed by atoms with Crippen LogP contribution in [-0.4, -0.2) is 32.7 Å². The molecule has 92 valence electrons. The molecule has 0 aliphatic heterocycles. The number of hydrogen-bond acceptors (Lipinski definition) is 3. The summed E-state index contributed by atoms with van der Waals surface area (Å²) in [5.74, 6) is 0. The van der Waals surface area contributed by atoms with Crippen molar-refractivity contribution in [2.75, 3.05) is 13.1 Å². The predicted octanol–water partition coefficient (Wildman–Crippen LogP) is 1.15. The first-order valence-corrected chi connectivity index (χ1v) is 6.11. The Balaban J connectivity index is 1.44. The SMILES string of the molecule is c1cnn(CCCNCCCn2cccn2)c1. The summed E-state index contributed by atoms with van der Waals surface area (Å²) in [5.41, 5.74) is 0. The van der Waals surface area contributed by atoms with Crippen molar-refractivity contribution in [3.05, 3.63) is 36.9 Å². The molecule has 2 aromatic rings. The van der Waals surface area contributed by atoms with E-state index in [1.165, 1.54) is 0 Å². The van der Waals surface area contributed by atoms with Crippen LogP contribution < -0.4 is 5.32 Å². The summed E-state index contributed by atoms with van der Waals surface area (Å²) >= 11 is 0. The Morgan fingerprint density at radius 3 is 1.76 bits per heavy atom. The molecule has 0 aromatic carbocycles. The smallest absolute Gasteiger partial charge is 0.0489 e. The zero-order valence-electron chi connectivity index (χ0n) is 10.00. The van der Waals surface area contributed by atoms with E-state index in [0.29, 0.717) is 0 Å². The Kier molecular flexibility index (Phi) is 4.78. The van der Waals surface area contributed by atoms with Gasteiger partial charge in [-0.1, -0.05) is 0 Å². The minimum Gasteiger partial charge on any atom is -0.317 e. The number of aromatic nitrogens is 4. The molecule has 0 radical (unpaired) electrons. The second-order valence-electron chi connectivity index (χ2n) is 4.00. The van der Waals surface area contributed by atoms with E-state index in [1.54, 1.807) is 0 Å². The van der Waals surface area contributed by atoms with Gasteiger partial charge >= 0.3 is 0 Å². The van der Waals surface area contributed by atoms with E-state index in [2.05, 4.69) is 15.5 Å². The molecule has 0 saturated carbocycles. The van der Waals surface area contributed by atoms with Crippen LogP contribution in [0, 0.1) is 0 Å². The van der Waals surface area contributed by atoms with Gasteiger partial charge in [0.2, 0.25) is 0 Å². The van der Waals surface area contributed by atoms with Crippen LogP contribution in [0.15, 0.2) is 36.9 Å². The normalized spacial score (nSPS) is 10.8. The quantitative estimate of drug-likeness (QED) is 0.696. The minimum absolute atomic E-state index is 0.985. The highest BCUT2D eigenvalue weighted by molar-refractivity contribution is 4.78. The molecule has 0 bridgehead atoms. The van der Waals surface area contributed by atoms with Gasteiger partial charge in [-0.15, -0.1) is 0 Å². The minimum atomic E-state index is 0.985. The van der Waals surface area contributed by atoms with Crippen LogP contribution in [0.4, 0.5) is 0 Å². The van der Waals surface area contributed by atoms with Crippen LogP contribution >= 0.6 is 0 Å². The highest BCUT2D eigenvalue weighted by Crippen LogP contribution is 1.90. The van der Waals surface area contributed by atoms with Crippen molar-refractivity contribution in [1.29, 1.82) is 0 Å². The van der Waals surface area contributed by atoms with Gasteiger partial charge < -0.3 is 5.32 Å². The second kappa shape index (κ2) is 6.85. The standard InChI is InChI=1S/C12H19N5/c1(9-16-11-3-7-14-16)5-13-6-2-10-17-12-4-8-15-17/h3-4,7-8,11-13H,1-2,5-6,9-10H2. The molecule has 0 spiro atoms. The summed E-state index contributed by atoms with van der Waals surface area (Å²) < 4.78 is 3.93. The first-order valence-electron chi connectivity index (χ1n) is 6.11. The van der Waals surface area contributed by atoms with E-state index >= 15 is 0 Å². The Hall–Kier alpha value is -1.62. The van der Waals surface area contributed by atoms with Gasteiger partial charge in [-0.3, -0.25) is 9.36 Å². The largest absolute Gasteiger partial charge is 0.317 e. The monoisotopic (exact) mass is 233 g/mol. The van der Waals surface area contributed by atoms with Crippen molar-refractivity contribution in [3.63, 3.8) is 0 Å². The van der Waals surface area contributed by atoms with Crippen LogP contribution in [0.2, 0.25) is 0 Å². The maximum absolute atomic E-state index is 4.16. The lowest BCUT2D eigenvalue weighted by Crippen LogP contribution is -2.19. The molecular formula is C12H19N5. The van der Waals surface area contributed by atoms with Crippen molar-refractivity contribution in [2.45, 2.75) is 25.9 Å². The Morgan fingerprint density at radius 1 is 0.824 bits per heavy atom. The van der Waals surface area contributed by atoms with Crippen LogP contribution in [0.25, 0.3) is 0 Å². The lowest BCUT2D eigenvalue weighted by atomic mass is 10.4. The second-order valence-corrected chi connectivity index (χ2v) is 4.00. The number of nitrogens with one attached hydrogen (secondary N) is 1. The van der Waals surface area contributed by atoms with Gasteiger partial charge in [-0.2, -0.15) is 10.2 Å². The van der Waals surface area contributed by atoms with Crippen LogP contribution in [0.3, 0.4) is 0 Å². The van der Waals surface area contributed by atoms with E-state index < -0.39 is 0 Å². The molecule has 0 saturated heterocycles. The third-order valence-electron chi connectivity index (χ3n) is 2.60. The molecule has 2 rings (SSSR count). The van der Waals surface area contributed by atoms with E-state index in [0.717, 1.165) is 39.0 Å². The third-order valence-corrected chi connectivity index (χ3v) is 2.60. The Labute approximate surface area is 101 Å². The van der Waals surface area contributed by atoms with Gasteiger partial charge in [0.05, 0.1) is 0 Å². The van der Waals surface area contributed by atoms with Crippen molar-refractivity contribution in [3.8, 4) is 0 Å². The first kappa shape index (κ1) is 11.9. The highest BCUT2D eigenvalue weighted by atomic mass is 15.3. The van der Waals surface area contributed by atoms with E-state index in [9.17, 15) is 0 Å². The average Bonchev–Trinajstić information content (AvgIpc) is 3.00. The number of rotatable bonds is 8. The zero-order chi connectivity index (χ0) is 11.8. The van der Waals surface area contributed by atoms with Gasteiger partial charge in [0, 0.05) is 37.9 Å². The van der Waals surface area contributed by atoms with E-state index in [4.69, 9.17) is 0 Å². The summed E-state index contributed by atoms with van der Waals surface area (Å²) in [4.78, 5) is 0. The maximum Gasteiger partial charge on any atom is 0.0489 e. The zero-order valence-corrected chi connectivity index (χ0v) is 10.00. The number of aryl methyl sites for hydroxylation is 2. The molecule has 2 heterocycles. The first-order chi connectivity index (χ1) is 8.45. The van der Waals surface area contributed by atoms with Crippen molar-refractivity contribution >= 4 is 0 Å². The summed E-state index contributed by atoms with van der Waals surface area (Å²) in [7, 11) is 0. The number of hydrogen-bond donors (Lipinski definition) is 1. The van der Waals surface area contributed by atoms with E-state index in [-0.39, 0.29) is 0 Å². The molecule has 5 heteroatoms. The summed E-state index contributed by atoms with van der Waals surface area (Å²) in [6.07, 6.45) is 9.86. The summed E-state index contributed by atoms with van der Waals surface area (Å²) in [6.45, 7) is 4.05. The lowest BCUT2D eigenvalue weighted by Gasteiger charge is -2.05. The topological polar surface area (TPSA) is 47.7 Å². The van der Waals surface area contributed by atoms with Crippen molar-refractivity contribution in [2.24, 2.45) is 0 Å². The predicted molar refractivity (Wildman–Crippen MR) is 66.6 cm³/mol. The molecule has 2 aromatic heterocycles. The average molecular weight is 233 g/mol. The fourth-order valence-corrected chi connectivity index (χ4v) is 1.72. The van der Waals surface area contributed by atoms with E-state index in [1.807, 2.05) is 46.3 Å². The van der Waals surface area contributed by atoms with Gasteiger partial charge in [0.15, 0.2) is 0 Å². The van der Waals surface area contributed by atoms with Gasteiger partial charge in [-0.05, 0) is 38.1 Å². The van der Waals surface area contributed by atoms with Crippen molar-refractivity contribution in [1.82, 2.24) is 24.9 Å². The van der Waals surface area contributed by atoms with Gasteiger partial charge in [0.1, 0.15) is 0 Å². The third kappa shape index (κ3) is 4.40. The molecule has 1 N–H and O–H groups in total. The summed E-state index contributed by atoms with van der Waals surface area (Å²) in [6, 6.07) is 3.91. The highest BCUT2D eigenvalue weighted by Gasteiger charge is 1.93. The fourth-order valence-electron chi connectivity index (χ4n) is 1.72. The van der Waals surface area contributed by atoms with Crippen molar-refractivity contribution < 1.29 is 0 Å². The molecule has 17 heavy (non-hydrogen) atoms. The van der Waals surface area contributed by atoms with Crippen LogP contribution in [0.5, 0.6) is 0 Å². The maximum atomic E-state index is 4.16. The Bertz CT molecular complexity index is 341. The van der Waals surface area contributed by atoms with Crippen LogP contribution in [-0.2, 0) is 13.1 Å². The van der Waals surface area contributed by atoms with Crippen LogP contribution in [0.1, 0.15) is 12.8 Å². The summed E-state index contributed by atoms with van der Waals surface area (Å²) in [5, 5.41) is 11.8. The molecule has 0 atom stereocenters. The number of nitrogens with zero attached hydrogens (tertiary/aromatic N) is 4.